The van der Waals surface area contributed by atoms with Crippen molar-refractivity contribution in [3.05, 3.63) is 60.8 Å². The summed E-state index contributed by atoms with van der Waals surface area (Å²) in [5, 5.41) is 33.2. The van der Waals surface area contributed by atoms with Crippen LogP contribution in [-0.4, -0.2) is 46.1 Å². The number of allylic oxidation sites excluding steroid dienone is 9. The fourth-order valence-corrected chi connectivity index (χ4v) is 6.83. The number of aliphatic hydroxyl groups excluding tert-OH is 3. The molecule has 0 aliphatic rings. The minimum atomic E-state index is -1.12. The number of unbranched alkanes of at least 4 members (excludes halogenated alkanes) is 26. The number of aliphatic hydroxyl groups is 3. The van der Waals surface area contributed by atoms with Crippen LogP contribution < -0.4 is 5.32 Å². The smallest absolute Gasteiger partial charge is 0.249 e. The Bertz CT molecular complexity index is 938. The molecule has 55 heavy (non-hydrogen) atoms. The van der Waals surface area contributed by atoms with E-state index in [4.69, 9.17) is 0 Å². The number of carbonyl (C=O) groups is 1. The van der Waals surface area contributed by atoms with Crippen molar-refractivity contribution in [1.82, 2.24) is 5.32 Å². The van der Waals surface area contributed by atoms with Gasteiger partial charge in [-0.15, -0.1) is 0 Å². The van der Waals surface area contributed by atoms with Gasteiger partial charge < -0.3 is 20.6 Å². The van der Waals surface area contributed by atoms with Crippen LogP contribution in [0.4, 0.5) is 0 Å². The number of carbonyl (C=O) groups excluding carboxylic acids is 1. The highest BCUT2D eigenvalue weighted by Crippen LogP contribution is 2.14. The van der Waals surface area contributed by atoms with Gasteiger partial charge in [0, 0.05) is 0 Å². The number of nitrogens with one attached hydrogen (secondary N) is 1. The van der Waals surface area contributed by atoms with E-state index in [1.54, 1.807) is 6.08 Å². The molecule has 0 aromatic carbocycles. The molecule has 0 fully saturated rings. The van der Waals surface area contributed by atoms with E-state index in [0.717, 1.165) is 57.8 Å². The predicted octanol–water partition coefficient (Wildman–Crippen LogP) is 13.9. The van der Waals surface area contributed by atoms with E-state index in [0.29, 0.717) is 6.42 Å². The largest absolute Gasteiger partial charge is 0.394 e. The molecule has 0 heterocycles. The van der Waals surface area contributed by atoms with Crippen LogP contribution >= 0.6 is 0 Å². The quantitative estimate of drug-likeness (QED) is 0.0368. The third kappa shape index (κ3) is 40.1. The lowest BCUT2D eigenvalue weighted by atomic mass is 10.0. The molecule has 0 spiro atoms. The summed E-state index contributed by atoms with van der Waals surface area (Å²) in [6.45, 7) is 4.16. The first-order valence-corrected chi connectivity index (χ1v) is 23.6. The fourth-order valence-electron chi connectivity index (χ4n) is 6.83. The first-order valence-electron chi connectivity index (χ1n) is 23.6. The van der Waals surface area contributed by atoms with Crippen LogP contribution in [-0.2, 0) is 4.79 Å². The summed E-state index contributed by atoms with van der Waals surface area (Å²) in [4.78, 5) is 12.5. The van der Waals surface area contributed by atoms with Crippen molar-refractivity contribution >= 4 is 5.91 Å². The van der Waals surface area contributed by atoms with Crippen LogP contribution in [0.25, 0.3) is 0 Å². The van der Waals surface area contributed by atoms with Crippen LogP contribution in [0.3, 0.4) is 0 Å². The molecule has 3 unspecified atom stereocenters. The average molecular weight is 770 g/mol. The molecule has 4 N–H and O–H groups in total. The van der Waals surface area contributed by atoms with Gasteiger partial charge in [-0.1, -0.05) is 209 Å². The molecule has 0 radical (unpaired) electrons. The molecule has 0 aliphatic heterocycles. The summed E-state index contributed by atoms with van der Waals surface area (Å²) < 4.78 is 0. The van der Waals surface area contributed by atoms with Gasteiger partial charge in [-0.3, -0.25) is 4.79 Å². The zero-order valence-electron chi connectivity index (χ0n) is 36.3. The number of amides is 1. The molecule has 0 bridgehead atoms. The first kappa shape index (κ1) is 53.0. The van der Waals surface area contributed by atoms with Gasteiger partial charge in [0.25, 0.3) is 0 Å². The van der Waals surface area contributed by atoms with Crippen molar-refractivity contribution < 1.29 is 20.1 Å². The second kappa shape index (κ2) is 44.8. The van der Waals surface area contributed by atoms with Crippen LogP contribution in [0, 0.1) is 0 Å². The summed E-state index contributed by atoms with van der Waals surface area (Å²) in [6, 6.07) is -0.828. The Morgan fingerprint density at radius 2 is 0.800 bits per heavy atom. The molecular weight excluding hydrogens is 679 g/mol. The van der Waals surface area contributed by atoms with Gasteiger partial charge in [-0.2, -0.15) is 0 Å². The molecule has 1 amide bonds. The molecule has 0 rings (SSSR count). The highest BCUT2D eigenvalue weighted by Gasteiger charge is 2.22. The molecule has 320 valence electrons. The van der Waals surface area contributed by atoms with Crippen molar-refractivity contribution in [2.45, 2.75) is 244 Å². The van der Waals surface area contributed by atoms with Crippen molar-refractivity contribution in [1.29, 1.82) is 0 Å². The van der Waals surface area contributed by atoms with Gasteiger partial charge in [0.2, 0.25) is 5.91 Å². The van der Waals surface area contributed by atoms with Crippen LogP contribution in [0.5, 0.6) is 0 Å². The van der Waals surface area contributed by atoms with E-state index in [1.165, 1.54) is 148 Å². The lowest BCUT2D eigenvalue weighted by Crippen LogP contribution is -2.48. The van der Waals surface area contributed by atoms with Gasteiger partial charge in [0.15, 0.2) is 0 Å². The normalized spacial score (nSPS) is 14.1. The molecule has 0 saturated heterocycles. The standard InChI is InChI=1S/C50H91NO4/c1-3-5-7-9-11-13-15-17-19-21-23-24-25-27-29-31-33-35-37-39-41-43-45-49(54)50(55)51-47(46-52)48(53)44-42-40-38-36-34-32-30-28-26-22-20-18-16-14-12-10-8-6-4-2/h23-24,26-29,34,36,42,44,47-49,52-54H,3-22,25,30-33,35,37-41,43,45-46H2,1-2H3,(H,51,55)/b24-23-,28-26+,29-27-,36-34+,44-42+. The lowest BCUT2D eigenvalue weighted by Gasteiger charge is -2.21. The Kier molecular flexibility index (Phi) is 43.2. The topological polar surface area (TPSA) is 89.8 Å². The Hall–Kier alpha value is -1.95. The van der Waals surface area contributed by atoms with Crippen LogP contribution in [0.15, 0.2) is 60.8 Å². The van der Waals surface area contributed by atoms with Crippen molar-refractivity contribution in [3.8, 4) is 0 Å². The minimum absolute atomic E-state index is 0.387. The third-order valence-corrected chi connectivity index (χ3v) is 10.6. The molecule has 0 aromatic rings. The maximum absolute atomic E-state index is 12.5. The van der Waals surface area contributed by atoms with E-state index < -0.39 is 24.2 Å². The van der Waals surface area contributed by atoms with Crippen LogP contribution in [0.1, 0.15) is 226 Å². The summed E-state index contributed by atoms with van der Waals surface area (Å²) >= 11 is 0. The van der Waals surface area contributed by atoms with E-state index in [1.807, 2.05) is 6.08 Å². The zero-order valence-corrected chi connectivity index (χ0v) is 36.3. The monoisotopic (exact) mass is 770 g/mol. The zero-order chi connectivity index (χ0) is 40.1. The molecule has 0 aromatic heterocycles. The van der Waals surface area contributed by atoms with E-state index in [9.17, 15) is 20.1 Å². The Morgan fingerprint density at radius 3 is 1.22 bits per heavy atom. The van der Waals surface area contributed by atoms with Crippen molar-refractivity contribution in [2.24, 2.45) is 0 Å². The average Bonchev–Trinajstić information content (AvgIpc) is 3.19. The number of rotatable bonds is 42. The predicted molar refractivity (Wildman–Crippen MR) is 240 cm³/mol. The molecule has 5 heteroatoms. The van der Waals surface area contributed by atoms with E-state index >= 15 is 0 Å². The Morgan fingerprint density at radius 1 is 0.455 bits per heavy atom. The SMILES string of the molecule is CCCCCCCCCCC/C=C\C/C=C\CCCCCCCCC(O)C(=O)NC(CO)C(O)/C=C/CC/C=C/CC/C=C/CCCCCCCCCCC. The molecule has 5 nitrogen and oxygen atoms in total. The maximum atomic E-state index is 12.5. The molecular formula is C50H91NO4. The van der Waals surface area contributed by atoms with Crippen molar-refractivity contribution in [2.75, 3.05) is 6.61 Å². The second-order valence-electron chi connectivity index (χ2n) is 15.9. The van der Waals surface area contributed by atoms with Crippen LogP contribution in [0.2, 0.25) is 0 Å². The first-order chi connectivity index (χ1) is 27.1. The van der Waals surface area contributed by atoms with E-state index in [2.05, 4.69) is 67.8 Å². The van der Waals surface area contributed by atoms with Crippen molar-refractivity contribution in [3.63, 3.8) is 0 Å². The second-order valence-corrected chi connectivity index (χ2v) is 15.9. The van der Waals surface area contributed by atoms with Gasteiger partial charge in [-0.25, -0.2) is 0 Å². The highest BCUT2D eigenvalue weighted by atomic mass is 16.3. The summed E-state index contributed by atoms with van der Waals surface area (Å²) in [5.41, 5.74) is 0. The lowest BCUT2D eigenvalue weighted by molar-refractivity contribution is -0.131. The van der Waals surface area contributed by atoms with Gasteiger partial charge in [0.05, 0.1) is 18.8 Å². The number of hydrogen-bond donors (Lipinski definition) is 4. The summed E-state index contributed by atoms with van der Waals surface area (Å²) in [6.07, 6.45) is 59.7. The Labute approximate surface area is 341 Å². The maximum Gasteiger partial charge on any atom is 0.249 e. The molecule has 3 atom stereocenters. The van der Waals surface area contributed by atoms with Gasteiger partial charge in [0.1, 0.15) is 6.10 Å². The van der Waals surface area contributed by atoms with Gasteiger partial charge >= 0.3 is 0 Å². The Balaban J connectivity index is 3.76. The molecule has 0 saturated carbocycles. The van der Waals surface area contributed by atoms with E-state index in [-0.39, 0.29) is 6.61 Å². The third-order valence-electron chi connectivity index (χ3n) is 10.6. The minimum Gasteiger partial charge on any atom is -0.394 e. The molecule has 0 aliphatic carbocycles. The summed E-state index contributed by atoms with van der Waals surface area (Å²) in [5.74, 6) is -0.526. The number of hydrogen-bond acceptors (Lipinski definition) is 4. The summed E-state index contributed by atoms with van der Waals surface area (Å²) in [7, 11) is 0. The van der Waals surface area contributed by atoms with Gasteiger partial charge in [-0.05, 0) is 77.0 Å². The highest BCUT2D eigenvalue weighted by molar-refractivity contribution is 5.80. The fraction of sp³-hybridized carbons (Fsp3) is 0.780.